The molecule has 0 atom stereocenters. The van der Waals surface area contributed by atoms with Gasteiger partial charge in [0.25, 0.3) is 0 Å². The zero-order chi connectivity index (χ0) is 15.6. The van der Waals surface area contributed by atoms with Crippen LogP contribution in [0, 0.1) is 12.7 Å². The predicted molar refractivity (Wildman–Crippen MR) is 84.0 cm³/mol. The number of halogens is 2. The fourth-order valence-electron chi connectivity index (χ4n) is 2.01. The average Bonchev–Trinajstić information content (AvgIpc) is 2.38. The second kappa shape index (κ2) is 6.26. The Kier molecular flexibility index (Phi) is 4.63. The van der Waals surface area contributed by atoms with Gasteiger partial charge in [-0.05, 0) is 49.2 Å². The highest BCUT2D eigenvalue weighted by Gasteiger charge is 2.14. The molecule has 0 bridgehead atoms. The Morgan fingerprint density at radius 2 is 2.05 bits per heavy atom. The summed E-state index contributed by atoms with van der Waals surface area (Å²) in [6.45, 7) is 3.48. The third kappa shape index (κ3) is 3.61. The fraction of sp³-hybridized carbons (Fsp3) is 0.188. The molecule has 3 nitrogen and oxygen atoms in total. The van der Waals surface area contributed by atoms with Crippen molar-refractivity contribution in [1.82, 2.24) is 0 Å². The highest BCUT2D eigenvalue weighted by Crippen LogP contribution is 2.32. The van der Waals surface area contributed by atoms with Gasteiger partial charge in [0.2, 0.25) is 0 Å². The number of hydrogen-bond donors (Lipinski definition) is 1. The van der Waals surface area contributed by atoms with Crippen molar-refractivity contribution in [2.45, 2.75) is 20.5 Å². The number of anilines is 1. The van der Waals surface area contributed by atoms with E-state index in [9.17, 15) is 9.18 Å². The Morgan fingerprint density at radius 1 is 1.33 bits per heavy atom. The van der Waals surface area contributed by atoms with Crippen LogP contribution < -0.4 is 10.5 Å². The van der Waals surface area contributed by atoms with Crippen LogP contribution in [0.5, 0.6) is 5.75 Å². The molecule has 0 aromatic heterocycles. The summed E-state index contributed by atoms with van der Waals surface area (Å²) < 4.78 is 19.5. The summed E-state index contributed by atoms with van der Waals surface area (Å²) in [7, 11) is 0. The summed E-state index contributed by atoms with van der Waals surface area (Å²) in [5.41, 5.74) is 8.35. The number of Topliss-reactive ketones (excluding diaryl/α,β-unsaturated/α-hetero) is 1. The fourth-order valence-corrected chi connectivity index (χ4v) is 2.48. The molecule has 5 heteroatoms. The van der Waals surface area contributed by atoms with E-state index < -0.39 is 0 Å². The minimum atomic E-state index is -0.288. The van der Waals surface area contributed by atoms with Gasteiger partial charge in [0.1, 0.15) is 12.4 Å². The van der Waals surface area contributed by atoms with E-state index in [1.807, 2.05) is 0 Å². The summed E-state index contributed by atoms with van der Waals surface area (Å²) in [6.07, 6.45) is 0. The molecule has 0 aliphatic heterocycles. The van der Waals surface area contributed by atoms with E-state index in [-0.39, 0.29) is 18.2 Å². The molecule has 0 aliphatic rings. The molecule has 2 aromatic carbocycles. The molecule has 2 rings (SSSR count). The lowest BCUT2D eigenvalue weighted by molar-refractivity contribution is 0.101. The number of benzene rings is 2. The van der Waals surface area contributed by atoms with Crippen LogP contribution in [0.4, 0.5) is 10.1 Å². The van der Waals surface area contributed by atoms with Gasteiger partial charge in [-0.25, -0.2) is 4.39 Å². The van der Waals surface area contributed by atoms with Crippen LogP contribution in [-0.4, -0.2) is 5.78 Å². The number of nitrogens with two attached hydrogens (primary N) is 1. The van der Waals surface area contributed by atoms with Crippen LogP contribution in [0.15, 0.2) is 34.8 Å². The van der Waals surface area contributed by atoms with Crippen molar-refractivity contribution in [3.63, 3.8) is 0 Å². The highest BCUT2D eigenvalue weighted by atomic mass is 79.9. The Bertz CT molecular complexity index is 701. The number of rotatable bonds is 4. The Balaban J connectivity index is 2.29. The maximum atomic E-state index is 13.1. The molecule has 21 heavy (non-hydrogen) atoms. The molecular formula is C16H15BrFNO2. The smallest absolute Gasteiger partial charge is 0.163 e. The molecule has 0 saturated carbocycles. The van der Waals surface area contributed by atoms with Crippen molar-refractivity contribution in [2.24, 2.45) is 0 Å². The summed E-state index contributed by atoms with van der Waals surface area (Å²) in [6, 6.07) is 7.83. The highest BCUT2D eigenvalue weighted by molar-refractivity contribution is 9.10. The second-order valence-corrected chi connectivity index (χ2v) is 5.70. The number of carbonyl (C=O) groups is 1. The Morgan fingerprint density at radius 3 is 2.67 bits per heavy atom. The van der Waals surface area contributed by atoms with E-state index in [1.54, 1.807) is 25.1 Å². The quantitative estimate of drug-likeness (QED) is 0.661. The second-order valence-electron chi connectivity index (χ2n) is 4.79. The van der Waals surface area contributed by atoms with E-state index in [2.05, 4.69) is 15.9 Å². The van der Waals surface area contributed by atoms with Crippen LogP contribution in [0.3, 0.4) is 0 Å². The summed E-state index contributed by atoms with van der Waals surface area (Å²) in [4.78, 5) is 11.7. The van der Waals surface area contributed by atoms with Crippen LogP contribution in [0.25, 0.3) is 0 Å². The van der Waals surface area contributed by atoms with Gasteiger partial charge in [-0.15, -0.1) is 0 Å². The number of aryl methyl sites for hydroxylation is 1. The standard InChI is InChI=1S/C16H15BrFNO2/c1-9-5-13(18)4-3-11(9)8-21-16-14(10(2)20)6-12(17)7-15(16)19/h3-7H,8,19H2,1-2H3. The van der Waals surface area contributed by atoms with Crippen molar-refractivity contribution in [3.8, 4) is 5.75 Å². The minimum absolute atomic E-state index is 0.131. The molecule has 110 valence electrons. The maximum absolute atomic E-state index is 13.1. The topological polar surface area (TPSA) is 52.3 Å². The molecule has 0 radical (unpaired) electrons. The van der Waals surface area contributed by atoms with E-state index in [1.165, 1.54) is 19.1 Å². The van der Waals surface area contributed by atoms with Gasteiger partial charge in [0.05, 0.1) is 11.3 Å². The summed E-state index contributed by atoms with van der Waals surface area (Å²) >= 11 is 3.30. The van der Waals surface area contributed by atoms with E-state index >= 15 is 0 Å². The number of nitrogen functional groups attached to an aromatic ring is 1. The zero-order valence-corrected chi connectivity index (χ0v) is 13.3. The minimum Gasteiger partial charge on any atom is -0.486 e. The zero-order valence-electron chi connectivity index (χ0n) is 11.7. The van der Waals surface area contributed by atoms with Crippen LogP contribution >= 0.6 is 15.9 Å². The molecule has 2 N–H and O–H groups in total. The lowest BCUT2D eigenvalue weighted by atomic mass is 10.1. The SMILES string of the molecule is CC(=O)c1cc(Br)cc(N)c1OCc1ccc(F)cc1C. The third-order valence-electron chi connectivity index (χ3n) is 3.14. The normalized spacial score (nSPS) is 10.5. The van der Waals surface area contributed by atoms with E-state index in [0.717, 1.165) is 15.6 Å². The Labute approximate surface area is 131 Å². The average molecular weight is 352 g/mol. The molecule has 0 fully saturated rings. The van der Waals surface area contributed by atoms with Crippen molar-refractivity contribution < 1.29 is 13.9 Å². The van der Waals surface area contributed by atoms with Gasteiger partial charge >= 0.3 is 0 Å². The molecule has 0 amide bonds. The van der Waals surface area contributed by atoms with Crippen molar-refractivity contribution in [3.05, 3.63) is 57.3 Å². The van der Waals surface area contributed by atoms with Gasteiger partial charge in [-0.2, -0.15) is 0 Å². The summed E-state index contributed by atoms with van der Waals surface area (Å²) in [5, 5.41) is 0. The van der Waals surface area contributed by atoms with E-state index in [0.29, 0.717) is 17.0 Å². The first-order chi connectivity index (χ1) is 9.88. The van der Waals surface area contributed by atoms with Gasteiger partial charge in [-0.1, -0.05) is 22.0 Å². The first-order valence-electron chi connectivity index (χ1n) is 6.36. The molecule has 0 unspecified atom stereocenters. The maximum Gasteiger partial charge on any atom is 0.163 e. The van der Waals surface area contributed by atoms with Crippen LogP contribution in [0.2, 0.25) is 0 Å². The predicted octanol–water partition coefficient (Wildman–Crippen LogP) is 4.26. The summed E-state index contributed by atoms with van der Waals surface area (Å²) in [5.74, 6) is -0.0629. The van der Waals surface area contributed by atoms with Gasteiger partial charge in [0.15, 0.2) is 11.5 Å². The number of carbonyl (C=O) groups excluding carboxylic acids is 1. The van der Waals surface area contributed by atoms with Crippen molar-refractivity contribution in [1.29, 1.82) is 0 Å². The lowest BCUT2D eigenvalue weighted by Crippen LogP contribution is -2.06. The van der Waals surface area contributed by atoms with Crippen molar-refractivity contribution in [2.75, 3.05) is 5.73 Å². The van der Waals surface area contributed by atoms with Crippen LogP contribution in [-0.2, 0) is 6.61 Å². The molecule has 0 spiro atoms. The van der Waals surface area contributed by atoms with Crippen LogP contribution in [0.1, 0.15) is 28.4 Å². The lowest BCUT2D eigenvalue weighted by Gasteiger charge is -2.14. The first-order valence-corrected chi connectivity index (χ1v) is 7.15. The van der Waals surface area contributed by atoms with Gasteiger partial charge in [0, 0.05) is 4.47 Å². The monoisotopic (exact) mass is 351 g/mol. The number of ketones is 1. The number of ether oxygens (including phenoxy) is 1. The van der Waals surface area contributed by atoms with Crippen molar-refractivity contribution >= 4 is 27.4 Å². The van der Waals surface area contributed by atoms with Gasteiger partial charge in [-0.3, -0.25) is 4.79 Å². The Hall–Kier alpha value is -1.88. The van der Waals surface area contributed by atoms with E-state index in [4.69, 9.17) is 10.5 Å². The largest absolute Gasteiger partial charge is 0.486 e. The molecule has 0 aliphatic carbocycles. The molecule has 0 heterocycles. The first kappa shape index (κ1) is 15.5. The molecular weight excluding hydrogens is 337 g/mol. The number of hydrogen-bond acceptors (Lipinski definition) is 3. The van der Waals surface area contributed by atoms with Gasteiger partial charge < -0.3 is 10.5 Å². The molecule has 2 aromatic rings. The third-order valence-corrected chi connectivity index (χ3v) is 3.60. The molecule has 0 saturated heterocycles.